The van der Waals surface area contributed by atoms with Crippen molar-refractivity contribution >= 4 is 5.65 Å². The number of ether oxygens (including phenoxy) is 1. The van der Waals surface area contributed by atoms with E-state index in [1.165, 1.54) is 0 Å². The van der Waals surface area contributed by atoms with Gasteiger partial charge in [0.05, 0.1) is 12.7 Å². The molecule has 0 fully saturated rings. The number of rotatable bonds is 4. The largest absolute Gasteiger partial charge is 0.492 e. The van der Waals surface area contributed by atoms with Gasteiger partial charge in [-0.05, 0) is 13.0 Å². The fraction of sp³-hybridized carbons (Fsp3) is 0.167. The van der Waals surface area contributed by atoms with Gasteiger partial charge in [0, 0.05) is 31.1 Å². The van der Waals surface area contributed by atoms with Crippen molar-refractivity contribution in [1.29, 1.82) is 0 Å². The first kappa shape index (κ1) is 17.0. The van der Waals surface area contributed by atoms with Crippen LogP contribution in [0.3, 0.4) is 0 Å². The van der Waals surface area contributed by atoms with Crippen LogP contribution in [-0.2, 0) is 7.05 Å². The van der Waals surface area contributed by atoms with E-state index in [9.17, 15) is 0 Å². The fourth-order valence-corrected chi connectivity index (χ4v) is 3.09. The van der Waals surface area contributed by atoms with Crippen LogP contribution in [0.25, 0.3) is 39.8 Å². The molecule has 0 spiro atoms. The van der Waals surface area contributed by atoms with Crippen LogP contribution in [0.1, 0.15) is 5.76 Å². The van der Waals surface area contributed by atoms with Crippen molar-refractivity contribution in [2.24, 2.45) is 7.05 Å². The van der Waals surface area contributed by atoms with Gasteiger partial charge in [0.2, 0.25) is 17.3 Å². The fourth-order valence-electron chi connectivity index (χ4n) is 3.09. The summed E-state index contributed by atoms with van der Waals surface area (Å²) in [5.74, 6) is 1.99. The van der Waals surface area contributed by atoms with Crippen LogP contribution in [0.4, 0.5) is 0 Å². The van der Waals surface area contributed by atoms with Gasteiger partial charge < -0.3 is 9.26 Å². The summed E-state index contributed by atoms with van der Waals surface area (Å²) in [5.41, 5.74) is 2.92. The highest BCUT2D eigenvalue weighted by molar-refractivity contribution is 5.87. The molecule has 5 rings (SSSR count). The summed E-state index contributed by atoms with van der Waals surface area (Å²) in [5, 5.41) is 21.7. The number of methoxy groups -OCH3 is 1. The van der Waals surface area contributed by atoms with Crippen molar-refractivity contribution in [3.63, 3.8) is 0 Å². The lowest BCUT2D eigenvalue weighted by Crippen LogP contribution is -2.05. The Labute approximate surface area is 164 Å². The standard InChI is InChI=1S/C18H15N9O2/c1-10-7-12(25-29-10)17-21-22-18-15(28-3)13(11-5-4-6-19-8-11)14(23-27(17)18)16-20-9-26(2)24-16/h4-9H,1-3H3. The van der Waals surface area contributed by atoms with Crippen molar-refractivity contribution < 1.29 is 9.26 Å². The average molecular weight is 389 g/mol. The molecule has 5 aromatic rings. The third-order valence-corrected chi connectivity index (χ3v) is 4.33. The zero-order valence-corrected chi connectivity index (χ0v) is 15.8. The molecule has 0 unspecified atom stereocenters. The highest BCUT2D eigenvalue weighted by Crippen LogP contribution is 2.39. The van der Waals surface area contributed by atoms with E-state index in [1.807, 2.05) is 12.1 Å². The summed E-state index contributed by atoms with van der Waals surface area (Å²) < 4.78 is 14.1. The van der Waals surface area contributed by atoms with Crippen LogP contribution in [0.2, 0.25) is 0 Å². The number of hydrogen-bond donors (Lipinski definition) is 0. The van der Waals surface area contributed by atoms with Gasteiger partial charge in [0.25, 0.3) is 0 Å². The SMILES string of the molecule is COc1c(-c2cccnc2)c(-c2ncn(C)n2)nn2c(-c3cc(C)on3)nnc12. The predicted molar refractivity (Wildman–Crippen MR) is 101 cm³/mol. The summed E-state index contributed by atoms with van der Waals surface area (Å²) in [6, 6.07) is 5.51. The van der Waals surface area contributed by atoms with Crippen LogP contribution < -0.4 is 4.74 Å². The second-order valence-corrected chi connectivity index (χ2v) is 6.32. The highest BCUT2D eigenvalue weighted by Gasteiger charge is 2.26. The molecule has 0 bridgehead atoms. The Morgan fingerprint density at radius 1 is 1.17 bits per heavy atom. The van der Waals surface area contributed by atoms with Crippen LogP contribution in [0.5, 0.6) is 5.75 Å². The van der Waals surface area contributed by atoms with Gasteiger partial charge in [-0.2, -0.15) is 9.61 Å². The minimum Gasteiger partial charge on any atom is -0.492 e. The van der Waals surface area contributed by atoms with Gasteiger partial charge in [-0.3, -0.25) is 9.67 Å². The maximum Gasteiger partial charge on any atom is 0.221 e. The van der Waals surface area contributed by atoms with E-state index in [2.05, 4.69) is 30.4 Å². The van der Waals surface area contributed by atoms with Gasteiger partial charge in [0.1, 0.15) is 17.8 Å². The summed E-state index contributed by atoms with van der Waals surface area (Å²) in [4.78, 5) is 8.59. The summed E-state index contributed by atoms with van der Waals surface area (Å²) >= 11 is 0. The minimum absolute atomic E-state index is 0.421. The third-order valence-electron chi connectivity index (χ3n) is 4.33. The second-order valence-electron chi connectivity index (χ2n) is 6.32. The molecule has 11 nitrogen and oxygen atoms in total. The Bertz CT molecular complexity index is 1320. The molecule has 0 saturated carbocycles. The van der Waals surface area contributed by atoms with E-state index in [0.29, 0.717) is 45.8 Å². The minimum atomic E-state index is 0.421. The zero-order chi connectivity index (χ0) is 20.0. The first-order valence-corrected chi connectivity index (χ1v) is 8.69. The predicted octanol–water partition coefficient (Wildman–Crippen LogP) is 1.95. The van der Waals surface area contributed by atoms with Crippen molar-refractivity contribution in [3.05, 3.63) is 42.7 Å². The molecular weight excluding hydrogens is 374 g/mol. The Kier molecular flexibility index (Phi) is 3.79. The lowest BCUT2D eigenvalue weighted by Gasteiger charge is -2.12. The van der Waals surface area contributed by atoms with Crippen molar-refractivity contribution in [1.82, 2.24) is 44.7 Å². The maximum absolute atomic E-state index is 5.74. The second kappa shape index (κ2) is 6.48. The molecule has 5 heterocycles. The molecule has 0 aromatic carbocycles. The van der Waals surface area contributed by atoms with Crippen LogP contribution in [-0.4, -0.2) is 51.8 Å². The van der Waals surface area contributed by atoms with E-state index in [4.69, 9.17) is 14.4 Å². The van der Waals surface area contributed by atoms with Crippen LogP contribution >= 0.6 is 0 Å². The van der Waals surface area contributed by atoms with Gasteiger partial charge in [0.15, 0.2) is 11.4 Å². The lowest BCUT2D eigenvalue weighted by molar-refractivity contribution is 0.399. The van der Waals surface area contributed by atoms with Crippen LogP contribution in [0.15, 0.2) is 41.4 Å². The maximum atomic E-state index is 5.74. The van der Waals surface area contributed by atoms with Gasteiger partial charge in [-0.25, -0.2) is 4.98 Å². The smallest absolute Gasteiger partial charge is 0.221 e. The number of hydrogen-bond acceptors (Lipinski definition) is 9. The summed E-state index contributed by atoms with van der Waals surface area (Å²) in [7, 11) is 3.36. The molecule has 29 heavy (non-hydrogen) atoms. The topological polar surface area (TPSA) is 122 Å². The molecular formula is C18H15N9O2. The van der Waals surface area contributed by atoms with Gasteiger partial charge >= 0.3 is 0 Å². The lowest BCUT2D eigenvalue weighted by atomic mass is 10.0. The van der Waals surface area contributed by atoms with Crippen molar-refractivity contribution in [2.45, 2.75) is 6.92 Å². The van der Waals surface area contributed by atoms with E-state index in [1.54, 1.807) is 55.1 Å². The van der Waals surface area contributed by atoms with E-state index in [-0.39, 0.29) is 0 Å². The molecule has 0 aliphatic carbocycles. The molecule has 0 amide bonds. The number of fused-ring (bicyclic) bond motifs is 1. The molecule has 5 aromatic heterocycles. The first-order valence-electron chi connectivity index (χ1n) is 8.69. The third kappa shape index (κ3) is 2.71. The molecule has 0 atom stereocenters. The van der Waals surface area contributed by atoms with Crippen LogP contribution in [0, 0.1) is 6.92 Å². The van der Waals surface area contributed by atoms with Crippen molar-refractivity contribution in [3.8, 4) is 39.9 Å². The molecule has 144 valence electrons. The Hall–Kier alpha value is -4.15. The quantitative estimate of drug-likeness (QED) is 0.454. The summed E-state index contributed by atoms with van der Waals surface area (Å²) in [6.45, 7) is 1.80. The molecule has 0 aliphatic heterocycles. The van der Waals surface area contributed by atoms with E-state index in [0.717, 1.165) is 5.56 Å². The first-order chi connectivity index (χ1) is 14.2. The van der Waals surface area contributed by atoms with Crippen molar-refractivity contribution in [2.75, 3.05) is 7.11 Å². The number of aryl methyl sites for hydroxylation is 2. The number of nitrogens with zero attached hydrogens (tertiary/aromatic N) is 9. The van der Waals surface area contributed by atoms with Gasteiger partial charge in [-0.1, -0.05) is 11.2 Å². The van der Waals surface area contributed by atoms with E-state index >= 15 is 0 Å². The molecule has 0 N–H and O–H groups in total. The highest BCUT2D eigenvalue weighted by atomic mass is 16.5. The molecule has 0 radical (unpaired) electrons. The Morgan fingerprint density at radius 2 is 2.07 bits per heavy atom. The van der Waals surface area contributed by atoms with E-state index < -0.39 is 0 Å². The molecule has 0 saturated heterocycles. The molecule has 0 aliphatic rings. The molecule has 11 heteroatoms. The zero-order valence-electron chi connectivity index (χ0n) is 15.8. The Morgan fingerprint density at radius 3 is 2.72 bits per heavy atom. The number of aromatic nitrogens is 9. The van der Waals surface area contributed by atoms with Gasteiger partial charge in [-0.15, -0.1) is 15.3 Å². The average Bonchev–Trinajstić information content (AvgIpc) is 3.46. The Balaban J connectivity index is 1.87. The normalized spacial score (nSPS) is 11.3. The summed E-state index contributed by atoms with van der Waals surface area (Å²) in [6.07, 6.45) is 5.03. The monoisotopic (exact) mass is 389 g/mol. The number of pyridine rings is 1.